The zero-order chi connectivity index (χ0) is 13.1. The van der Waals surface area contributed by atoms with Crippen LogP contribution in [0.2, 0.25) is 0 Å². The first-order valence-corrected chi connectivity index (χ1v) is 7.42. The molecule has 3 rings (SSSR count). The topological polar surface area (TPSA) is 42.0 Å². The van der Waals surface area contributed by atoms with Gasteiger partial charge in [-0.05, 0) is 18.4 Å². The smallest absolute Gasteiger partial charge is 0.229 e. The second kappa shape index (κ2) is 5.53. The van der Waals surface area contributed by atoms with Gasteiger partial charge in [0.1, 0.15) is 0 Å². The van der Waals surface area contributed by atoms with E-state index in [4.69, 9.17) is 0 Å². The van der Waals surface area contributed by atoms with Gasteiger partial charge < -0.3 is 5.32 Å². The summed E-state index contributed by atoms with van der Waals surface area (Å²) in [7, 11) is 0. The molecule has 1 aromatic heterocycles. The van der Waals surface area contributed by atoms with E-state index >= 15 is 0 Å². The lowest BCUT2D eigenvalue weighted by Gasteiger charge is -2.23. The highest BCUT2D eigenvalue weighted by atomic mass is 32.1. The summed E-state index contributed by atoms with van der Waals surface area (Å²) >= 11 is 1.56. The van der Waals surface area contributed by atoms with Crippen molar-refractivity contribution in [1.29, 1.82) is 0 Å². The Balaban J connectivity index is 1.61. The molecule has 1 heterocycles. The fourth-order valence-corrected chi connectivity index (χ4v) is 2.97. The van der Waals surface area contributed by atoms with E-state index in [0.717, 1.165) is 24.4 Å². The Morgan fingerprint density at radius 1 is 1.32 bits per heavy atom. The first kappa shape index (κ1) is 12.4. The zero-order valence-electron chi connectivity index (χ0n) is 10.6. The second-order valence-electron chi connectivity index (χ2n) is 4.91. The Kier molecular flexibility index (Phi) is 3.60. The molecule has 0 unspecified atom stereocenters. The number of aromatic nitrogens is 1. The van der Waals surface area contributed by atoms with Gasteiger partial charge in [0.2, 0.25) is 5.91 Å². The average molecular weight is 272 g/mol. The molecule has 1 N–H and O–H groups in total. The Bertz CT molecular complexity index is 561. The van der Waals surface area contributed by atoms with E-state index in [2.05, 4.69) is 22.4 Å². The highest BCUT2D eigenvalue weighted by molar-refractivity contribution is 7.15. The fourth-order valence-electron chi connectivity index (χ4n) is 2.12. The van der Waals surface area contributed by atoms with Crippen LogP contribution in [-0.2, 0) is 11.2 Å². The monoisotopic (exact) mass is 272 g/mol. The summed E-state index contributed by atoms with van der Waals surface area (Å²) in [6, 6.07) is 10.3. The standard InChI is InChI=1S/C15H16N2OS/c18-14(12-7-4-8-12)17-15-16-10-13(19-15)9-11-5-2-1-3-6-11/h1-3,5-6,10,12H,4,7-9H2,(H,16,17,18). The van der Waals surface area contributed by atoms with Gasteiger partial charge in [-0.1, -0.05) is 36.8 Å². The Morgan fingerprint density at radius 2 is 2.11 bits per heavy atom. The molecule has 1 amide bonds. The number of nitrogens with zero attached hydrogens (tertiary/aromatic N) is 1. The lowest BCUT2D eigenvalue weighted by atomic mass is 9.85. The van der Waals surface area contributed by atoms with Crippen molar-refractivity contribution < 1.29 is 4.79 Å². The van der Waals surface area contributed by atoms with E-state index < -0.39 is 0 Å². The number of amides is 1. The molecule has 3 nitrogen and oxygen atoms in total. The Morgan fingerprint density at radius 3 is 2.79 bits per heavy atom. The van der Waals surface area contributed by atoms with E-state index in [-0.39, 0.29) is 11.8 Å². The summed E-state index contributed by atoms with van der Waals surface area (Å²) < 4.78 is 0. The molecule has 1 fully saturated rings. The van der Waals surface area contributed by atoms with Crippen LogP contribution < -0.4 is 5.32 Å². The van der Waals surface area contributed by atoms with Crippen molar-refractivity contribution >= 4 is 22.4 Å². The minimum Gasteiger partial charge on any atom is -0.302 e. The maximum atomic E-state index is 11.8. The summed E-state index contributed by atoms with van der Waals surface area (Å²) in [5.41, 5.74) is 1.27. The van der Waals surface area contributed by atoms with Gasteiger partial charge in [0.15, 0.2) is 5.13 Å². The van der Waals surface area contributed by atoms with Crippen LogP contribution in [0, 0.1) is 5.92 Å². The summed E-state index contributed by atoms with van der Waals surface area (Å²) in [6.07, 6.45) is 5.95. The van der Waals surface area contributed by atoms with Gasteiger partial charge >= 0.3 is 0 Å². The highest BCUT2D eigenvalue weighted by Gasteiger charge is 2.25. The third kappa shape index (κ3) is 3.01. The summed E-state index contributed by atoms with van der Waals surface area (Å²) in [6.45, 7) is 0. The molecule has 0 radical (unpaired) electrons. The summed E-state index contributed by atoms with van der Waals surface area (Å²) in [4.78, 5) is 17.3. The molecular weight excluding hydrogens is 256 g/mol. The van der Waals surface area contributed by atoms with Crippen molar-refractivity contribution in [3.63, 3.8) is 0 Å². The van der Waals surface area contributed by atoms with Crippen LogP contribution in [0.25, 0.3) is 0 Å². The molecule has 4 heteroatoms. The number of thiazole rings is 1. The Hall–Kier alpha value is -1.68. The van der Waals surface area contributed by atoms with Crippen molar-refractivity contribution in [2.75, 3.05) is 5.32 Å². The van der Waals surface area contributed by atoms with Gasteiger partial charge in [0, 0.05) is 23.4 Å². The lowest BCUT2D eigenvalue weighted by Crippen LogP contribution is -2.27. The van der Waals surface area contributed by atoms with Crippen LogP contribution in [0.15, 0.2) is 36.5 Å². The number of nitrogens with one attached hydrogen (secondary N) is 1. The number of hydrogen-bond acceptors (Lipinski definition) is 3. The summed E-state index contributed by atoms with van der Waals surface area (Å²) in [5, 5.41) is 3.64. The second-order valence-corrected chi connectivity index (χ2v) is 6.03. The SMILES string of the molecule is O=C(Nc1ncc(Cc2ccccc2)s1)C1CCC1. The third-order valence-electron chi connectivity index (χ3n) is 3.48. The first-order chi connectivity index (χ1) is 9.31. The van der Waals surface area contributed by atoms with E-state index in [1.165, 1.54) is 16.9 Å². The maximum absolute atomic E-state index is 11.8. The van der Waals surface area contributed by atoms with Crippen LogP contribution in [-0.4, -0.2) is 10.9 Å². The molecule has 0 aliphatic heterocycles. The molecule has 0 spiro atoms. The Labute approximate surface area is 116 Å². The van der Waals surface area contributed by atoms with Gasteiger partial charge in [-0.2, -0.15) is 0 Å². The van der Waals surface area contributed by atoms with Crippen LogP contribution in [0.3, 0.4) is 0 Å². The number of anilines is 1. The maximum Gasteiger partial charge on any atom is 0.229 e. The van der Waals surface area contributed by atoms with E-state index in [0.29, 0.717) is 0 Å². The van der Waals surface area contributed by atoms with Crippen molar-refractivity contribution in [2.45, 2.75) is 25.7 Å². The number of carbonyl (C=O) groups is 1. The molecule has 1 aliphatic carbocycles. The van der Waals surface area contributed by atoms with Gasteiger partial charge in [0.25, 0.3) is 0 Å². The average Bonchev–Trinajstić information content (AvgIpc) is 2.75. The molecule has 1 aliphatic rings. The number of carbonyl (C=O) groups excluding carboxylic acids is 1. The van der Waals surface area contributed by atoms with Gasteiger partial charge in [-0.3, -0.25) is 4.79 Å². The number of hydrogen-bond donors (Lipinski definition) is 1. The molecule has 1 saturated carbocycles. The summed E-state index contributed by atoms with van der Waals surface area (Å²) in [5.74, 6) is 0.341. The molecule has 0 saturated heterocycles. The number of benzene rings is 1. The third-order valence-corrected chi connectivity index (χ3v) is 4.39. The fraction of sp³-hybridized carbons (Fsp3) is 0.333. The quantitative estimate of drug-likeness (QED) is 0.926. The molecule has 98 valence electrons. The molecule has 0 atom stereocenters. The van der Waals surface area contributed by atoms with E-state index in [1.807, 2.05) is 24.4 Å². The highest BCUT2D eigenvalue weighted by Crippen LogP contribution is 2.28. The van der Waals surface area contributed by atoms with E-state index in [1.54, 1.807) is 11.3 Å². The minimum atomic E-state index is 0.131. The van der Waals surface area contributed by atoms with Gasteiger partial charge in [0.05, 0.1) is 0 Å². The van der Waals surface area contributed by atoms with E-state index in [9.17, 15) is 4.79 Å². The van der Waals surface area contributed by atoms with Crippen LogP contribution in [0.4, 0.5) is 5.13 Å². The predicted octanol–water partition coefficient (Wildman–Crippen LogP) is 3.47. The van der Waals surface area contributed by atoms with Crippen LogP contribution in [0.1, 0.15) is 29.7 Å². The number of rotatable bonds is 4. The lowest BCUT2D eigenvalue weighted by molar-refractivity contribution is -0.122. The first-order valence-electron chi connectivity index (χ1n) is 6.61. The van der Waals surface area contributed by atoms with Crippen molar-refractivity contribution in [3.05, 3.63) is 47.0 Å². The molecule has 2 aromatic rings. The van der Waals surface area contributed by atoms with Crippen molar-refractivity contribution in [2.24, 2.45) is 5.92 Å². The van der Waals surface area contributed by atoms with Crippen LogP contribution >= 0.6 is 11.3 Å². The molecule has 0 bridgehead atoms. The normalized spacial score (nSPS) is 14.9. The zero-order valence-corrected chi connectivity index (χ0v) is 11.5. The molecule has 1 aromatic carbocycles. The molecule has 19 heavy (non-hydrogen) atoms. The van der Waals surface area contributed by atoms with Gasteiger partial charge in [-0.25, -0.2) is 4.98 Å². The predicted molar refractivity (Wildman–Crippen MR) is 77.3 cm³/mol. The van der Waals surface area contributed by atoms with Crippen molar-refractivity contribution in [1.82, 2.24) is 4.98 Å². The largest absolute Gasteiger partial charge is 0.302 e. The minimum absolute atomic E-state index is 0.131. The van der Waals surface area contributed by atoms with Gasteiger partial charge in [-0.15, -0.1) is 11.3 Å². The van der Waals surface area contributed by atoms with Crippen LogP contribution in [0.5, 0.6) is 0 Å². The van der Waals surface area contributed by atoms with Crippen molar-refractivity contribution in [3.8, 4) is 0 Å². The molecular formula is C15H16N2OS.